The van der Waals surface area contributed by atoms with Gasteiger partial charge in [-0.2, -0.15) is 5.26 Å². The number of thiazole rings is 1. The summed E-state index contributed by atoms with van der Waals surface area (Å²) in [5, 5.41) is 32.2. The van der Waals surface area contributed by atoms with Crippen LogP contribution in [0.4, 0.5) is 5.69 Å². The molecule has 1 heterocycles. The Hall–Kier alpha value is -2.32. The minimum atomic E-state index is -3.62. The first-order valence-electron chi connectivity index (χ1n) is 10.2. The number of aromatic nitrogens is 1. The van der Waals surface area contributed by atoms with Crippen LogP contribution in [0.15, 0.2) is 16.3 Å². The molecule has 0 unspecified atom stereocenters. The van der Waals surface area contributed by atoms with Gasteiger partial charge in [-0.15, -0.1) is 11.3 Å². The van der Waals surface area contributed by atoms with Gasteiger partial charge in [0.05, 0.1) is 33.7 Å². The SMILES string of the molecule is CC(C)c1cc(C#N)cc(C(C)C)c1NC(=O)C[S@](=N)(=O)c1sc(C(C)(C)O)nc1CO. The van der Waals surface area contributed by atoms with Gasteiger partial charge in [-0.05, 0) is 48.9 Å². The van der Waals surface area contributed by atoms with Gasteiger partial charge in [-0.1, -0.05) is 27.7 Å². The summed E-state index contributed by atoms with van der Waals surface area (Å²) >= 11 is 0.867. The van der Waals surface area contributed by atoms with Crippen molar-refractivity contribution in [2.45, 2.75) is 69.8 Å². The minimum Gasteiger partial charge on any atom is -0.390 e. The van der Waals surface area contributed by atoms with Gasteiger partial charge in [-0.25, -0.2) is 14.0 Å². The first-order chi connectivity index (χ1) is 14.7. The molecule has 2 aromatic rings. The van der Waals surface area contributed by atoms with E-state index < -0.39 is 33.6 Å². The molecular weight excluding hydrogens is 448 g/mol. The Labute approximate surface area is 193 Å². The molecule has 8 nitrogen and oxygen atoms in total. The molecule has 32 heavy (non-hydrogen) atoms. The average molecular weight is 479 g/mol. The Bertz CT molecular complexity index is 1120. The molecule has 0 aliphatic carbocycles. The molecule has 0 saturated carbocycles. The maximum absolute atomic E-state index is 13.2. The van der Waals surface area contributed by atoms with Crippen molar-refractivity contribution in [3.05, 3.63) is 39.5 Å². The van der Waals surface area contributed by atoms with Crippen LogP contribution >= 0.6 is 11.3 Å². The predicted octanol–water partition coefficient (Wildman–Crippen LogP) is 4.03. The Kier molecular flexibility index (Phi) is 7.83. The number of carbonyl (C=O) groups excluding carboxylic acids is 1. The van der Waals surface area contributed by atoms with Gasteiger partial charge in [0.2, 0.25) is 5.91 Å². The van der Waals surface area contributed by atoms with Gasteiger partial charge in [0.1, 0.15) is 20.6 Å². The summed E-state index contributed by atoms with van der Waals surface area (Å²) in [6.45, 7) is 10.3. The number of aliphatic hydroxyl groups is 2. The Morgan fingerprint density at radius 1 is 1.28 bits per heavy atom. The fourth-order valence-electron chi connectivity index (χ4n) is 3.19. The summed E-state index contributed by atoms with van der Waals surface area (Å²) in [5.41, 5.74) is 1.34. The first-order valence-corrected chi connectivity index (χ1v) is 12.7. The predicted molar refractivity (Wildman–Crippen MR) is 125 cm³/mol. The number of hydrogen-bond donors (Lipinski definition) is 4. The summed E-state index contributed by atoms with van der Waals surface area (Å²) in [6.07, 6.45) is 0. The van der Waals surface area contributed by atoms with Crippen LogP contribution in [0.2, 0.25) is 0 Å². The second kappa shape index (κ2) is 9.67. The van der Waals surface area contributed by atoms with Crippen molar-refractivity contribution >= 4 is 32.7 Å². The van der Waals surface area contributed by atoms with Gasteiger partial charge in [0.15, 0.2) is 0 Å². The fourth-order valence-corrected chi connectivity index (χ4v) is 6.01. The lowest BCUT2D eigenvalue weighted by atomic mass is 9.90. The van der Waals surface area contributed by atoms with Crippen molar-refractivity contribution in [2.75, 3.05) is 11.1 Å². The fraction of sp³-hybridized carbons (Fsp3) is 0.500. The van der Waals surface area contributed by atoms with E-state index in [0.29, 0.717) is 11.3 Å². The van der Waals surface area contributed by atoms with Gasteiger partial charge in [0, 0.05) is 5.69 Å². The summed E-state index contributed by atoms with van der Waals surface area (Å²) in [5.74, 6) is -1.19. The van der Waals surface area contributed by atoms with Gasteiger partial charge >= 0.3 is 0 Å². The van der Waals surface area contributed by atoms with Crippen LogP contribution in [0.25, 0.3) is 0 Å². The molecule has 174 valence electrons. The van der Waals surface area contributed by atoms with Crippen LogP contribution in [0, 0.1) is 16.1 Å². The zero-order valence-corrected chi connectivity index (χ0v) is 20.8. The van der Waals surface area contributed by atoms with E-state index in [-0.39, 0.29) is 26.7 Å². The highest BCUT2D eigenvalue weighted by Gasteiger charge is 2.29. The number of amides is 1. The van der Waals surface area contributed by atoms with E-state index in [0.717, 1.165) is 22.5 Å². The maximum atomic E-state index is 13.2. The Balaban J connectivity index is 2.43. The molecule has 0 bridgehead atoms. The quantitative estimate of drug-likeness (QED) is 0.450. The average Bonchev–Trinajstić information content (AvgIpc) is 3.13. The summed E-state index contributed by atoms with van der Waals surface area (Å²) in [4.78, 5) is 17.0. The van der Waals surface area contributed by atoms with Crippen LogP contribution in [-0.4, -0.2) is 31.1 Å². The van der Waals surface area contributed by atoms with Gasteiger partial charge < -0.3 is 15.5 Å². The van der Waals surface area contributed by atoms with Crippen LogP contribution in [0.5, 0.6) is 0 Å². The molecule has 0 spiro atoms. The third kappa shape index (κ3) is 5.72. The van der Waals surface area contributed by atoms with Crippen LogP contribution in [-0.2, 0) is 26.7 Å². The summed E-state index contributed by atoms with van der Waals surface area (Å²) < 4.78 is 21.5. The van der Waals surface area contributed by atoms with E-state index in [9.17, 15) is 24.5 Å². The molecule has 0 aliphatic rings. The van der Waals surface area contributed by atoms with Crippen molar-refractivity contribution in [2.24, 2.45) is 0 Å². The molecule has 1 amide bonds. The van der Waals surface area contributed by atoms with Crippen molar-refractivity contribution in [3.8, 4) is 6.07 Å². The first kappa shape index (κ1) is 25.9. The zero-order valence-electron chi connectivity index (χ0n) is 19.1. The largest absolute Gasteiger partial charge is 0.390 e. The number of aliphatic hydroxyl groups excluding tert-OH is 1. The number of nitrogens with one attached hydrogen (secondary N) is 2. The lowest BCUT2D eigenvalue weighted by Crippen LogP contribution is -2.24. The highest BCUT2D eigenvalue weighted by molar-refractivity contribution is 7.95. The van der Waals surface area contributed by atoms with Crippen LogP contribution < -0.4 is 5.32 Å². The van der Waals surface area contributed by atoms with Crippen LogP contribution in [0.1, 0.15) is 80.8 Å². The number of hydrogen-bond acceptors (Lipinski definition) is 8. The highest BCUT2D eigenvalue weighted by Crippen LogP contribution is 2.35. The topological polar surface area (TPSA) is 147 Å². The molecule has 1 aromatic carbocycles. The van der Waals surface area contributed by atoms with Crippen molar-refractivity contribution < 1.29 is 19.2 Å². The van der Waals surface area contributed by atoms with E-state index in [4.69, 9.17) is 4.78 Å². The number of nitrogens with zero attached hydrogens (tertiary/aromatic N) is 2. The Morgan fingerprint density at radius 2 is 1.81 bits per heavy atom. The minimum absolute atomic E-state index is 0.0136. The van der Waals surface area contributed by atoms with E-state index >= 15 is 0 Å². The second-order valence-electron chi connectivity index (χ2n) is 8.79. The third-order valence-electron chi connectivity index (χ3n) is 4.81. The smallest absolute Gasteiger partial charge is 0.238 e. The van der Waals surface area contributed by atoms with Gasteiger partial charge in [-0.3, -0.25) is 4.79 Å². The maximum Gasteiger partial charge on any atom is 0.238 e. The molecule has 0 aliphatic heterocycles. The molecule has 10 heteroatoms. The molecule has 0 radical (unpaired) electrons. The van der Waals surface area contributed by atoms with E-state index in [1.54, 1.807) is 12.1 Å². The van der Waals surface area contributed by atoms with E-state index in [1.165, 1.54) is 13.8 Å². The zero-order chi connectivity index (χ0) is 24.4. The standard InChI is InChI=1S/C22H30N4O4S2/c1-12(2)15-7-14(9-23)8-16(13(3)4)19(15)26-18(28)11-32(24,30)20-17(10-27)25-21(31-20)22(5,6)29/h7-8,12-13,24,27,29H,10-11H2,1-6H3,(H,26,28)/t32-/m0/s1. The number of benzene rings is 1. The third-order valence-corrected chi connectivity index (χ3v) is 8.57. The lowest BCUT2D eigenvalue weighted by Gasteiger charge is -2.21. The van der Waals surface area contributed by atoms with E-state index in [1.807, 2.05) is 27.7 Å². The number of nitriles is 1. The van der Waals surface area contributed by atoms with Crippen molar-refractivity contribution in [1.82, 2.24) is 4.98 Å². The number of rotatable bonds is 8. The van der Waals surface area contributed by atoms with Crippen molar-refractivity contribution in [3.63, 3.8) is 0 Å². The number of anilines is 1. The lowest BCUT2D eigenvalue weighted by molar-refractivity contribution is -0.113. The molecular formula is C22H30N4O4S2. The monoisotopic (exact) mass is 478 g/mol. The second-order valence-corrected chi connectivity index (χ2v) is 12.1. The van der Waals surface area contributed by atoms with Crippen LogP contribution in [0.3, 0.4) is 0 Å². The van der Waals surface area contributed by atoms with Crippen molar-refractivity contribution in [1.29, 1.82) is 10.0 Å². The van der Waals surface area contributed by atoms with Gasteiger partial charge in [0.25, 0.3) is 0 Å². The molecule has 4 N–H and O–H groups in total. The Morgan fingerprint density at radius 3 is 2.22 bits per heavy atom. The normalized spacial score (nSPS) is 13.8. The molecule has 0 fully saturated rings. The molecule has 1 aromatic heterocycles. The highest BCUT2D eigenvalue weighted by atomic mass is 32.2. The van der Waals surface area contributed by atoms with E-state index in [2.05, 4.69) is 16.4 Å². The molecule has 0 saturated heterocycles. The molecule has 2 rings (SSSR count). The molecule has 1 atom stereocenters. The number of carbonyl (C=O) groups is 1. The summed E-state index contributed by atoms with van der Waals surface area (Å²) in [6, 6.07) is 5.60. The summed E-state index contributed by atoms with van der Waals surface area (Å²) in [7, 11) is -3.62.